The van der Waals surface area contributed by atoms with Crippen molar-refractivity contribution >= 4 is 17.4 Å². The van der Waals surface area contributed by atoms with Gasteiger partial charge in [0.15, 0.2) is 0 Å². The highest BCUT2D eigenvalue weighted by atomic mass is 19.3. The van der Waals surface area contributed by atoms with Crippen LogP contribution < -0.4 is 4.90 Å². The average Bonchev–Trinajstić information content (AvgIpc) is 2.45. The van der Waals surface area contributed by atoms with E-state index in [0.717, 1.165) is 6.07 Å². The lowest BCUT2D eigenvalue weighted by Gasteiger charge is -2.15. The third kappa shape index (κ3) is 1.46. The Hall–Kier alpha value is -1.85. The van der Waals surface area contributed by atoms with Crippen LogP contribution in [0.2, 0.25) is 0 Å². The zero-order valence-electron chi connectivity index (χ0n) is 7.91. The highest BCUT2D eigenvalue weighted by molar-refractivity contribution is 6.52. The largest absolute Gasteiger partial charge is 0.299 e. The number of fused-ring (bicyclic) bond motifs is 1. The highest BCUT2D eigenvalue weighted by Crippen LogP contribution is 2.31. The normalized spacial score (nSPS) is 14.9. The van der Waals surface area contributed by atoms with Gasteiger partial charge in [0.2, 0.25) is 0 Å². The lowest BCUT2D eigenvalue weighted by Crippen LogP contribution is -2.34. The molecular formula is C10H6F3NO2. The number of hydrogen-bond acceptors (Lipinski definition) is 2. The monoisotopic (exact) mass is 229 g/mol. The van der Waals surface area contributed by atoms with Gasteiger partial charge in [-0.1, -0.05) is 6.07 Å². The number of nitrogens with zero attached hydrogens (tertiary/aromatic N) is 1. The third-order valence-electron chi connectivity index (χ3n) is 2.26. The molecule has 0 saturated heterocycles. The van der Waals surface area contributed by atoms with Crippen LogP contribution in [0.1, 0.15) is 10.4 Å². The Labute approximate surface area is 88.5 Å². The molecule has 2 rings (SSSR count). The molecular weight excluding hydrogens is 223 g/mol. The Morgan fingerprint density at radius 1 is 1.25 bits per heavy atom. The smallest absolute Gasteiger partial charge is 0.296 e. The summed E-state index contributed by atoms with van der Waals surface area (Å²) in [5, 5.41) is 0. The number of anilines is 1. The van der Waals surface area contributed by atoms with Gasteiger partial charge < -0.3 is 0 Å². The van der Waals surface area contributed by atoms with Crippen molar-refractivity contribution in [1.29, 1.82) is 0 Å². The van der Waals surface area contributed by atoms with Crippen LogP contribution in [0.5, 0.6) is 0 Å². The number of halogens is 3. The molecule has 1 heterocycles. The summed E-state index contributed by atoms with van der Waals surface area (Å²) in [6.45, 7) is -0.974. The Kier molecular flexibility index (Phi) is 2.41. The van der Waals surface area contributed by atoms with E-state index < -0.39 is 30.5 Å². The van der Waals surface area contributed by atoms with Crippen molar-refractivity contribution in [2.45, 2.75) is 6.43 Å². The average molecular weight is 229 g/mol. The predicted molar refractivity (Wildman–Crippen MR) is 49.1 cm³/mol. The van der Waals surface area contributed by atoms with Gasteiger partial charge in [-0.15, -0.1) is 0 Å². The minimum Gasteiger partial charge on any atom is -0.296 e. The lowest BCUT2D eigenvalue weighted by molar-refractivity contribution is -0.114. The van der Waals surface area contributed by atoms with E-state index in [1.165, 1.54) is 12.1 Å². The van der Waals surface area contributed by atoms with Crippen LogP contribution in [-0.4, -0.2) is 24.7 Å². The second-order valence-electron chi connectivity index (χ2n) is 3.27. The number of carbonyl (C=O) groups is 2. The molecule has 6 heteroatoms. The molecule has 0 aromatic heterocycles. The number of hydrogen-bond donors (Lipinski definition) is 0. The fraction of sp³-hybridized carbons (Fsp3) is 0.200. The van der Waals surface area contributed by atoms with E-state index in [4.69, 9.17) is 0 Å². The maximum absolute atomic E-state index is 13.3. The quantitative estimate of drug-likeness (QED) is 0.722. The summed E-state index contributed by atoms with van der Waals surface area (Å²) >= 11 is 0. The number of alkyl halides is 2. The lowest BCUT2D eigenvalue weighted by atomic mass is 10.1. The van der Waals surface area contributed by atoms with Gasteiger partial charge in [0, 0.05) is 0 Å². The number of Topliss-reactive ketones (excluding diaryl/α,β-unsaturated/α-hetero) is 1. The van der Waals surface area contributed by atoms with Crippen molar-refractivity contribution in [2.24, 2.45) is 0 Å². The minimum atomic E-state index is -2.82. The molecule has 0 aliphatic carbocycles. The number of para-hydroxylation sites is 1. The van der Waals surface area contributed by atoms with E-state index in [1.807, 2.05) is 0 Å². The van der Waals surface area contributed by atoms with Crippen LogP contribution in [-0.2, 0) is 4.79 Å². The molecule has 1 aliphatic rings. The maximum Gasteiger partial charge on any atom is 0.299 e. The van der Waals surface area contributed by atoms with E-state index in [0.29, 0.717) is 4.90 Å². The van der Waals surface area contributed by atoms with Crippen molar-refractivity contribution in [1.82, 2.24) is 0 Å². The van der Waals surface area contributed by atoms with E-state index in [9.17, 15) is 22.8 Å². The summed E-state index contributed by atoms with van der Waals surface area (Å²) < 4.78 is 37.7. The molecule has 1 aliphatic heterocycles. The van der Waals surface area contributed by atoms with Crippen LogP contribution in [0, 0.1) is 5.82 Å². The molecule has 0 fully saturated rings. The molecule has 16 heavy (non-hydrogen) atoms. The van der Waals surface area contributed by atoms with Gasteiger partial charge in [0.1, 0.15) is 5.82 Å². The third-order valence-corrected chi connectivity index (χ3v) is 2.26. The number of ketones is 1. The number of benzene rings is 1. The first-order valence-electron chi connectivity index (χ1n) is 4.45. The highest BCUT2D eigenvalue weighted by Gasteiger charge is 2.38. The van der Waals surface area contributed by atoms with E-state index in [1.54, 1.807) is 0 Å². The van der Waals surface area contributed by atoms with Crippen molar-refractivity contribution in [3.63, 3.8) is 0 Å². The van der Waals surface area contributed by atoms with E-state index in [-0.39, 0.29) is 11.3 Å². The molecule has 0 radical (unpaired) electrons. The van der Waals surface area contributed by atoms with Crippen molar-refractivity contribution in [3.8, 4) is 0 Å². The van der Waals surface area contributed by atoms with E-state index in [2.05, 4.69) is 0 Å². The summed E-state index contributed by atoms with van der Waals surface area (Å²) in [7, 11) is 0. The number of rotatable bonds is 2. The van der Waals surface area contributed by atoms with Crippen LogP contribution in [0.4, 0.5) is 18.9 Å². The molecule has 3 nitrogen and oxygen atoms in total. The molecule has 1 amide bonds. The first kappa shape index (κ1) is 10.7. The first-order chi connectivity index (χ1) is 7.52. The minimum absolute atomic E-state index is 0.161. The van der Waals surface area contributed by atoms with Crippen molar-refractivity contribution in [3.05, 3.63) is 29.6 Å². The van der Waals surface area contributed by atoms with Crippen LogP contribution >= 0.6 is 0 Å². The van der Waals surface area contributed by atoms with Crippen LogP contribution in [0.3, 0.4) is 0 Å². The Morgan fingerprint density at radius 3 is 2.56 bits per heavy atom. The van der Waals surface area contributed by atoms with Gasteiger partial charge in [-0.3, -0.25) is 14.5 Å². The van der Waals surface area contributed by atoms with Crippen molar-refractivity contribution < 1.29 is 22.8 Å². The van der Waals surface area contributed by atoms with Gasteiger partial charge in [0.05, 0.1) is 17.8 Å². The molecule has 0 N–H and O–H groups in total. The molecule has 1 aromatic carbocycles. The van der Waals surface area contributed by atoms with Crippen LogP contribution in [0.25, 0.3) is 0 Å². The zero-order valence-corrected chi connectivity index (χ0v) is 7.91. The van der Waals surface area contributed by atoms with Crippen molar-refractivity contribution in [2.75, 3.05) is 11.4 Å². The predicted octanol–water partition coefficient (Wildman–Crippen LogP) is 1.62. The molecule has 84 valence electrons. The van der Waals surface area contributed by atoms with Gasteiger partial charge >= 0.3 is 0 Å². The molecule has 0 atom stereocenters. The summed E-state index contributed by atoms with van der Waals surface area (Å²) in [5.41, 5.74) is -0.511. The Morgan fingerprint density at radius 2 is 1.94 bits per heavy atom. The summed E-state index contributed by atoms with van der Waals surface area (Å²) in [4.78, 5) is 23.1. The SMILES string of the molecule is O=C1C(=O)N(CC(F)F)c2c(F)cccc21. The fourth-order valence-electron chi connectivity index (χ4n) is 1.62. The molecule has 0 unspecified atom stereocenters. The summed E-state index contributed by atoms with van der Waals surface area (Å²) in [6, 6.07) is 3.51. The first-order valence-corrected chi connectivity index (χ1v) is 4.45. The second-order valence-corrected chi connectivity index (χ2v) is 3.27. The summed E-state index contributed by atoms with van der Waals surface area (Å²) in [5.74, 6) is -2.91. The maximum atomic E-state index is 13.3. The molecule has 0 bridgehead atoms. The molecule has 1 aromatic rings. The molecule has 0 spiro atoms. The fourth-order valence-corrected chi connectivity index (χ4v) is 1.62. The summed E-state index contributed by atoms with van der Waals surface area (Å²) in [6.07, 6.45) is -2.82. The van der Waals surface area contributed by atoms with E-state index >= 15 is 0 Å². The van der Waals surface area contributed by atoms with Gasteiger partial charge in [-0.2, -0.15) is 0 Å². The van der Waals surface area contributed by atoms with Gasteiger partial charge in [-0.25, -0.2) is 13.2 Å². The zero-order chi connectivity index (χ0) is 11.9. The number of amides is 1. The van der Waals surface area contributed by atoms with Gasteiger partial charge in [0.25, 0.3) is 18.1 Å². The molecule has 0 saturated carbocycles. The Bertz CT molecular complexity index is 473. The Balaban J connectivity index is 2.51. The second kappa shape index (κ2) is 3.62. The standard InChI is InChI=1S/C10H6F3NO2/c11-6-3-1-2-5-8(6)14(4-7(12)13)10(16)9(5)15/h1-3,7H,4H2. The van der Waals surface area contributed by atoms with Gasteiger partial charge in [-0.05, 0) is 12.1 Å². The van der Waals surface area contributed by atoms with Crippen LogP contribution in [0.15, 0.2) is 18.2 Å². The number of carbonyl (C=O) groups excluding carboxylic acids is 2. The topological polar surface area (TPSA) is 37.4 Å².